The fourth-order valence-corrected chi connectivity index (χ4v) is 14.4. The summed E-state index contributed by atoms with van der Waals surface area (Å²) in [6, 6.07) is 86.4. The molecule has 12 rings (SSSR count). The number of fused-ring (bicyclic) bond motifs is 6. The monoisotopic (exact) mass is 1140 g/mol. The molecule has 3 heteroatoms. The van der Waals surface area contributed by atoms with Gasteiger partial charge in [-0.25, -0.2) is 0 Å². The van der Waals surface area contributed by atoms with E-state index in [2.05, 4.69) is 280 Å². The number of benzene rings is 10. The number of hydrogen-bond acceptors (Lipinski definition) is 2. The molecule has 1 aliphatic rings. The fourth-order valence-electron chi connectivity index (χ4n) is 14.4. The SMILES string of the molecule is CCCCCCCCCCC1(CCCCCCCCCC)c2cc(C)ccc2-c2cc(C)c(-c3ccc(N(c4ccc(C)cc4)c4ccc(-c5ccc6c7ccccc7n(-c7ccc(N(c8ccccc8)c8ccccc8)cc7)c6c5)cc4)cc3)cc21. The maximum absolute atomic E-state index is 2.65. The van der Waals surface area contributed by atoms with Gasteiger partial charge in [0.05, 0.1) is 11.0 Å². The fraction of sp³-hybridized carbons (Fsp3) is 0.286. The molecule has 0 amide bonds. The van der Waals surface area contributed by atoms with E-state index in [1.54, 1.807) is 11.1 Å². The number of aryl methyl sites for hydroxylation is 3. The van der Waals surface area contributed by atoms with Gasteiger partial charge < -0.3 is 14.4 Å². The molecular weight excluding hydrogens is 1050 g/mol. The molecule has 1 aliphatic carbocycles. The Labute approximate surface area is 520 Å². The molecule has 0 fully saturated rings. The molecule has 0 spiro atoms. The average Bonchev–Trinajstić information content (AvgIpc) is 1.72. The predicted octanol–water partition coefficient (Wildman–Crippen LogP) is 25.3. The molecule has 0 bridgehead atoms. The quantitative estimate of drug-likeness (QED) is 0.0476. The highest BCUT2D eigenvalue weighted by Gasteiger charge is 2.43. The molecule has 10 aromatic carbocycles. The summed E-state index contributed by atoms with van der Waals surface area (Å²) in [5, 5.41) is 2.49. The zero-order valence-corrected chi connectivity index (χ0v) is 52.5. The van der Waals surface area contributed by atoms with Gasteiger partial charge >= 0.3 is 0 Å². The summed E-state index contributed by atoms with van der Waals surface area (Å²) in [5.41, 5.74) is 25.4. The van der Waals surface area contributed by atoms with Crippen LogP contribution in [0, 0.1) is 20.8 Å². The first-order valence-corrected chi connectivity index (χ1v) is 33.2. The van der Waals surface area contributed by atoms with E-state index < -0.39 is 0 Å². The highest BCUT2D eigenvalue weighted by atomic mass is 15.1. The van der Waals surface area contributed by atoms with Crippen molar-refractivity contribution in [2.45, 2.75) is 156 Å². The van der Waals surface area contributed by atoms with Crippen LogP contribution in [0.5, 0.6) is 0 Å². The van der Waals surface area contributed by atoms with Crippen LogP contribution in [0.4, 0.5) is 34.1 Å². The van der Waals surface area contributed by atoms with Crippen LogP contribution in [0.3, 0.4) is 0 Å². The Morgan fingerprint density at radius 2 is 0.747 bits per heavy atom. The first-order valence-electron chi connectivity index (χ1n) is 33.2. The molecule has 1 heterocycles. The standard InChI is InChI=1S/C84H89N3/c1-6-8-10-12-14-16-18-28-56-84(57-29-19-17-15-13-11-9-7-2)80-58-63(4)38-54-75(80)79-59-64(5)78(61-81(79)84)66-41-48-72(49-42-66)86(70-44-36-62(3)37-45-70)71-46-39-65(40-47-71)67-43-55-77-76-34-26-27-35-82(76)87(83(77)60-67)74-52-50-73(51-53-74)85(68-30-22-20-23-31-68)69-32-24-21-25-33-69/h20-27,30-55,58-61H,6-19,28-29,56-57H2,1-5H3. The summed E-state index contributed by atoms with van der Waals surface area (Å²) in [7, 11) is 0. The maximum atomic E-state index is 2.65. The topological polar surface area (TPSA) is 11.4 Å². The minimum Gasteiger partial charge on any atom is -0.311 e. The van der Waals surface area contributed by atoms with Crippen LogP contribution in [0.2, 0.25) is 0 Å². The number of hydrogen-bond donors (Lipinski definition) is 0. The number of nitrogens with zero attached hydrogens (tertiary/aromatic N) is 3. The number of anilines is 6. The third kappa shape index (κ3) is 12.7. The lowest BCUT2D eigenvalue weighted by Crippen LogP contribution is -2.26. The van der Waals surface area contributed by atoms with Crippen LogP contribution >= 0.6 is 0 Å². The maximum Gasteiger partial charge on any atom is 0.0547 e. The van der Waals surface area contributed by atoms with Crippen molar-refractivity contribution in [2.24, 2.45) is 0 Å². The Morgan fingerprint density at radius 3 is 1.31 bits per heavy atom. The summed E-state index contributed by atoms with van der Waals surface area (Å²) < 4.78 is 2.43. The van der Waals surface area contributed by atoms with Crippen molar-refractivity contribution in [3.63, 3.8) is 0 Å². The average molecular weight is 1140 g/mol. The second-order valence-electron chi connectivity index (χ2n) is 25.2. The Bertz CT molecular complexity index is 3960. The molecule has 3 nitrogen and oxygen atoms in total. The van der Waals surface area contributed by atoms with Crippen molar-refractivity contribution >= 4 is 55.9 Å². The molecule has 0 saturated heterocycles. The molecule has 0 aliphatic heterocycles. The van der Waals surface area contributed by atoms with E-state index in [0.717, 1.165) is 39.8 Å². The van der Waals surface area contributed by atoms with Crippen molar-refractivity contribution < 1.29 is 0 Å². The van der Waals surface area contributed by atoms with E-state index in [4.69, 9.17) is 0 Å². The number of unbranched alkanes of at least 4 members (excludes halogenated alkanes) is 14. The smallest absolute Gasteiger partial charge is 0.0547 e. The number of aromatic nitrogens is 1. The molecule has 11 aromatic rings. The van der Waals surface area contributed by atoms with E-state index in [9.17, 15) is 0 Å². The normalized spacial score (nSPS) is 12.4. The molecule has 0 radical (unpaired) electrons. The van der Waals surface area contributed by atoms with Crippen molar-refractivity contribution in [1.29, 1.82) is 0 Å². The minimum absolute atomic E-state index is 0.0310. The van der Waals surface area contributed by atoms with Crippen LogP contribution in [-0.2, 0) is 5.41 Å². The van der Waals surface area contributed by atoms with Gasteiger partial charge in [-0.3, -0.25) is 0 Å². The van der Waals surface area contributed by atoms with Crippen LogP contribution in [0.1, 0.15) is 157 Å². The molecule has 87 heavy (non-hydrogen) atoms. The van der Waals surface area contributed by atoms with Gasteiger partial charge in [0.15, 0.2) is 0 Å². The van der Waals surface area contributed by atoms with Gasteiger partial charge in [0.2, 0.25) is 0 Å². The lowest BCUT2D eigenvalue weighted by atomic mass is 9.70. The van der Waals surface area contributed by atoms with Gasteiger partial charge in [0.25, 0.3) is 0 Å². The molecule has 0 saturated carbocycles. The van der Waals surface area contributed by atoms with Gasteiger partial charge in [0.1, 0.15) is 0 Å². The molecule has 0 N–H and O–H groups in total. The number of rotatable bonds is 27. The van der Waals surface area contributed by atoms with Crippen LogP contribution < -0.4 is 9.80 Å². The minimum atomic E-state index is 0.0310. The third-order valence-electron chi connectivity index (χ3n) is 19.0. The zero-order chi connectivity index (χ0) is 59.5. The van der Waals surface area contributed by atoms with E-state index in [0.29, 0.717) is 0 Å². The van der Waals surface area contributed by atoms with Gasteiger partial charge in [-0.1, -0.05) is 255 Å². The second-order valence-corrected chi connectivity index (χ2v) is 25.2. The van der Waals surface area contributed by atoms with Gasteiger partial charge in [0, 0.05) is 56.0 Å². The Hall–Kier alpha value is -8.40. The zero-order valence-electron chi connectivity index (χ0n) is 52.5. The van der Waals surface area contributed by atoms with E-state index in [-0.39, 0.29) is 5.41 Å². The van der Waals surface area contributed by atoms with Crippen LogP contribution in [-0.4, -0.2) is 4.57 Å². The largest absolute Gasteiger partial charge is 0.311 e. The summed E-state index contributed by atoms with van der Waals surface area (Å²) in [6.45, 7) is 11.5. The van der Waals surface area contributed by atoms with Gasteiger partial charge in [-0.15, -0.1) is 0 Å². The van der Waals surface area contributed by atoms with Crippen LogP contribution in [0.25, 0.3) is 60.9 Å². The van der Waals surface area contributed by atoms with Gasteiger partial charge in [-0.2, -0.15) is 0 Å². The Kier molecular flexibility index (Phi) is 18.7. The van der Waals surface area contributed by atoms with E-state index in [1.807, 2.05) is 0 Å². The van der Waals surface area contributed by atoms with Crippen molar-refractivity contribution in [3.8, 4) is 39.1 Å². The summed E-state index contributed by atoms with van der Waals surface area (Å²) in [5.74, 6) is 0. The Morgan fingerprint density at radius 1 is 0.310 bits per heavy atom. The first-order chi connectivity index (χ1) is 42.8. The van der Waals surface area contributed by atoms with Crippen molar-refractivity contribution in [3.05, 3.63) is 258 Å². The molecule has 0 atom stereocenters. The highest BCUT2D eigenvalue weighted by Crippen LogP contribution is 2.56. The third-order valence-corrected chi connectivity index (χ3v) is 19.0. The number of para-hydroxylation sites is 3. The Balaban J connectivity index is 0.847. The van der Waals surface area contributed by atoms with Crippen molar-refractivity contribution in [1.82, 2.24) is 4.57 Å². The van der Waals surface area contributed by atoms with Crippen molar-refractivity contribution in [2.75, 3.05) is 9.80 Å². The second kappa shape index (κ2) is 27.5. The summed E-state index contributed by atoms with van der Waals surface area (Å²) >= 11 is 0. The van der Waals surface area contributed by atoms with E-state index in [1.165, 1.54) is 187 Å². The lowest BCUT2D eigenvalue weighted by Gasteiger charge is -2.33. The first kappa shape index (κ1) is 59.0. The molecular formula is C84H89N3. The highest BCUT2D eigenvalue weighted by molar-refractivity contribution is 6.10. The van der Waals surface area contributed by atoms with Crippen LogP contribution in [0.15, 0.2) is 231 Å². The molecule has 440 valence electrons. The summed E-state index contributed by atoms with van der Waals surface area (Å²) in [6.07, 6.45) is 24.0. The predicted molar refractivity (Wildman–Crippen MR) is 376 cm³/mol. The summed E-state index contributed by atoms with van der Waals surface area (Å²) in [4.78, 5) is 4.74. The molecule has 0 unspecified atom stereocenters. The van der Waals surface area contributed by atoms with Gasteiger partial charge in [-0.05, 0) is 187 Å². The molecule has 1 aromatic heterocycles. The van der Waals surface area contributed by atoms with E-state index >= 15 is 0 Å². The lowest BCUT2D eigenvalue weighted by molar-refractivity contribution is 0.397.